The Bertz CT molecular complexity index is 766. The maximum atomic E-state index is 13.0. The summed E-state index contributed by atoms with van der Waals surface area (Å²) in [7, 11) is 0. The van der Waals surface area contributed by atoms with Gasteiger partial charge in [0.15, 0.2) is 0 Å². The Kier molecular flexibility index (Phi) is 6.56. The molecule has 142 valence electrons. The fraction of sp³-hybridized carbons (Fsp3) is 0.364. The molecular weight excluding hydrogens is 356 g/mol. The van der Waals surface area contributed by atoms with E-state index in [1.807, 2.05) is 55.5 Å². The number of likely N-dealkylation sites (tertiary alicyclic amines) is 1. The molecule has 0 radical (unpaired) electrons. The monoisotopic (exact) mass is 382 g/mol. The van der Waals surface area contributed by atoms with Crippen LogP contribution in [0.4, 0.5) is 0 Å². The van der Waals surface area contributed by atoms with Crippen molar-refractivity contribution in [1.82, 2.24) is 10.2 Å². The summed E-state index contributed by atoms with van der Waals surface area (Å²) in [4.78, 5) is 28.9. The highest BCUT2D eigenvalue weighted by atomic mass is 32.2. The third-order valence-corrected chi connectivity index (χ3v) is 6.06. The standard InChI is InChI=1S/C22H26N2O2S/c1-22(21(26)23-15-17-27-19-12-6-3-7-13-19)14-8-9-16-24(22)20(25)18-10-4-2-5-11-18/h2-7,10-13H,8-9,14-17H2,1H3,(H,23,26). The minimum Gasteiger partial charge on any atom is -0.353 e. The van der Waals surface area contributed by atoms with Crippen LogP contribution in [0, 0.1) is 0 Å². The number of amides is 2. The molecule has 1 N–H and O–H groups in total. The van der Waals surface area contributed by atoms with Crippen molar-refractivity contribution in [3.05, 3.63) is 66.2 Å². The molecule has 3 rings (SSSR count). The molecule has 1 atom stereocenters. The van der Waals surface area contributed by atoms with Crippen molar-refractivity contribution < 1.29 is 9.59 Å². The van der Waals surface area contributed by atoms with E-state index in [0.717, 1.165) is 18.6 Å². The number of carbonyl (C=O) groups excluding carboxylic acids is 2. The molecule has 0 aliphatic carbocycles. The third-order valence-electron chi connectivity index (χ3n) is 5.05. The number of hydrogen-bond donors (Lipinski definition) is 1. The lowest BCUT2D eigenvalue weighted by atomic mass is 9.86. The second kappa shape index (κ2) is 9.09. The van der Waals surface area contributed by atoms with Crippen LogP contribution >= 0.6 is 11.8 Å². The van der Waals surface area contributed by atoms with E-state index >= 15 is 0 Å². The van der Waals surface area contributed by atoms with Crippen molar-refractivity contribution in [3.63, 3.8) is 0 Å². The highest BCUT2D eigenvalue weighted by Gasteiger charge is 2.43. The predicted molar refractivity (Wildman–Crippen MR) is 110 cm³/mol. The molecule has 27 heavy (non-hydrogen) atoms. The summed E-state index contributed by atoms with van der Waals surface area (Å²) >= 11 is 1.72. The van der Waals surface area contributed by atoms with E-state index < -0.39 is 5.54 Å². The molecule has 1 aliphatic rings. The molecule has 0 saturated carbocycles. The maximum absolute atomic E-state index is 13.0. The van der Waals surface area contributed by atoms with Gasteiger partial charge in [0.1, 0.15) is 5.54 Å². The summed E-state index contributed by atoms with van der Waals surface area (Å²) in [5, 5.41) is 3.05. The van der Waals surface area contributed by atoms with Gasteiger partial charge >= 0.3 is 0 Å². The average molecular weight is 383 g/mol. The number of nitrogens with zero attached hydrogens (tertiary/aromatic N) is 1. The molecule has 1 saturated heterocycles. The highest BCUT2D eigenvalue weighted by molar-refractivity contribution is 7.99. The second-order valence-corrected chi connectivity index (χ2v) is 8.14. The summed E-state index contributed by atoms with van der Waals surface area (Å²) in [5.74, 6) is 0.685. The second-order valence-electron chi connectivity index (χ2n) is 6.97. The van der Waals surface area contributed by atoms with Gasteiger partial charge in [-0.3, -0.25) is 9.59 Å². The lowest BCUT2D eigenvalue weighted by Crippen LogP contribution is -2.61. The molecule has 0 spiro atoms. The first kappa shape index (κ1) is 19.5. The van der Waals surface area contributed by atoms with Gasteiger partial charge in [-0.1, -0.05) is 36.4 Å². The first-order chi connectivity index (χ1) is 13.1. The minimum absolute atomic E-state index is 0.0554. The van der Waals surface area contributed by atoms with E-state index in [9.17, 15) is 9.59 Å². The number of nitrogens with one attached hydrogen (secondary N) is 1. The highest BCUT2D eigenvalue weighted by Crippen LogP contribution is 2.30. The Morgan fingerprint density at radius 3 is 2.41 bits per heavy atom. The van der Waals surface area contributed by atoms with E-state index in [1.165, 1.54) is 4.90 Å². The number of piperidine rings is 1. The normalized spacial score (nSPS) is 19.5. The Hall–Kier alpha value is -2.27. The topological polar surface area (TPSA) is 49.4 Å². The predicted octanol–water partition coefficient (Wildman–Crippen LogP) is 3.98. The van der Waals surface area contributed by atoms with E-state index in [0.29, 0.717) is 25.1 Å². The van der Waals surface area contributed by atoms with E-state index in [2.05, 4.69) is 17.4 Å². The summed E-state index contributed by atoms with van der Waals surface area (Å²) in [6.45, 7) is 3.10. The average Bonchev–Trinajstić information content (AvgIpc) is 2.72. The van der Waals surface area contributed by atoms with Crippen LogP contribution in [0.1, 0.15) is 36.5 Å². The van der Waals surface area contributed by atoms with Gasteiger partial charge in [0.25, 0.3) is 5.91 Å². The molecule has 1 aliphatic heterocycles. The Labute approximate surface area is 165 Å². The van der Waals surface area contributed by atoms with Crippen LogP contribution in [0.5, 0.6) is 0 Å². The number of carbonyl (C=O) groups is 2. The molecule has 0 bridgehead atoms. The molecule has 4 nitrogen and oxygen atoms in total. The molecule has 2 aromatic rings. The van der Waals surface area contributed by atoms with Crippen LogP contribution in [0.3, 0.4) is 0 Å². The van der Waals surface area contributed by atoms with Crippen LogP contribution in [0.25, 0.3) is 0 Å². The van der Waals surface area contributed by atoms with Crippen molar-refractivity contribution in [2.24, 2.45) is 0 Å². The van der Waals surface area contributed by atoms with Gasteiger partial charge in [-0.2, -0.15) is 0 Å². The van der Waals surface area contributed by atoms with Gasteiger partial charge in [-0.15, -0.1) is 11.8 Å². The largest absolute Gasteiger partial charge is 0.353 e. The van der Waals surface area contributed by atoms with Crippen LogP contribution in [0.15, 0.2) is 65.6 Å². The van der Waals surface area contributed by atoms with E-state index in [-0.39, 0.29) is 11.8 Å². The number of thioether (sulfide) groups is 1. The van der Waals surface area contributed by atoms with Crippen LogP contribution < -0.4 is 5.32 Å². The third kappa shape index (κ3) is 4.72. The lowest BCUT2D eigenvalue weighted by molar-refractivity contribution is -0.132. The maximum Gasteiger partial charge on any atom is 0.254 e. The molecule has 1 unspecified atom stereocenters. The summed E-state index contributed by atoms with van der Waals surface area (Å²) in [5.41, 5.74) is -0.152. The van der Waals surface area contributed by atoms with Crippen molar-refractivity contribution in [2.75, 3.05) is 18.8 Å². The zero-order valence-electron chi connectivity index (χ0n) is 15.7. The van der Waals surface area contributed by atoms with E-state index in [4.69, 9.17) is 0 Å². The van der Waals surface area contributed by atoms with Crippen molar-refractivity contribution >= 4 is 23.6 Å². The smallest absolute Gasteiger partial charge is 0.254 e. The molecule has 2 aromatic carbocycles. The van der Waals surface area contributed by atoms with Gasteiger partial charge in [-0.05, 0) is 50.5 Å². The van der Waals surface area contributed by atoms with Crippen molar-refractivity contribution in [1.29, 1.82) is 0 Å². The summed E-state index contributed by atoms with van der Waals surface area (Å²) in [6, 6.07) is 19.4. The van der Waals surface area contributed by atoms with Crippen LogP contribution in [-0.2, 0) is 4.79 Å². The number of hydrogen-bond acceptors (Lipinski definition) is 3. The van der Waals surface area contributed by atoms with Crippen molar-refractivity contribution in [3.8, 4) is 0 Å². The lowest BCUT2D eigenvalue weighted by Gasteiger charge is -2.43. The molecule has 5 heteroatoms. The quantitative estimate of drug-likeness (QED) is 0.607. The molecule has 2 amide bonds. The van der Waals surface area contributed by atoms with Gasteiger partial charge in [-0.25, -0.2) is 0 Å². The minimum atomic E-state index is -0.789. The van der Waals surface area contributed by atoms with Crippen LogP contribution in [0.2, 0.25) is 0 Å². The zero-order valence-corrected chi connectivity index (χ0v) is 16.5. The fourth-order valence-electron chi connectivity index (χ4n) is 3.46. The Morgan fingerprint density at radius 2 is 1.70 bits per heavy atom. The van der Waals surface area contributed by atoms with Gasteiger partial charge in [0.2, 0.25) is 5.91 Å². The number of benzene rings is 2. The Morgan fingerprint density at radius 1 is 1.04 bits per heavy atom. The van der Waals surface area contributed by atoms with E-state index in [1.54, 1.807) is 16.7 Å². The van der Waals surface area contributed by atoms with Gasteiger partial charge < -0.3 is 10.2 Å². The van der Waals surface area contributed by atoms with Crippen LogP contribution in [-0.4, -0.2) is 41.1 Å². The summed E-state index contributed by atoms with van der Waals surface area (Å²) < 4.78 is 0. The number of rotatable bonds is 6. The fourth-order valence-corrected chi connectivity index (χ4v) is 4.25. The zero-order chi connectivity index (χ0) is 19.1. The van der Waals surface area contributed by atoms with Gasteiger partial charge in [0.05, 0.1) is 0 Å². The molecule has 0 aromatic heterocycles. The SMILES string of the molecule is CC1(C(=O)NCCSc2ccccc2)CCCCN1C(=O)c1ccccc1. The summed E-state index contributed by atoms with van der Waals surface area (Å²) in [6.07, 6.45) is 2.59. The molecule has 1 fully saturated rings. The van der Waals surface area contributed by atoms with Crippen molar-refractivity contribution in [2.45, 2.75) is 36.6 Å². The Balaban J connectivity index is 1.61. The van der Waals surface area contributed by atoms with Gasteiger partial charge in [0, 0.05) is 29.3 Å². The first-order valence-corrected chi connectivity index (χ1v) is 10.4. The first-order valence-electron chi connectivity index (χ1n) is 9.44. The molecular formula is C22H26N2O2S. The molecule has 1 heterocycles.